The van der Waals surface area contributed by atoms with E-state index >= 15 is 0 Å². The minimum atomic E-state index is 0.158. The lowest BCUT2D eigenvalue weighted by Crippen LogP contribution is -2.51. The highest BCUT2D eigenvalue weighted by molar-refractivity contribution is 6.30. The van der Waals surface area contributed by atoms with Crippen LogP contribution in [0, 0.1) is 0 Å². The Hall–Kier alpha value is -2.24. The van der Waals surface area contributed by atoms with Crippen molar-refractivity contribution < 1.29 is 9.53 Å². The molecule has 0 spiro atoms. The van der Waals surface area contributed by atoms with Crippen LogP contribution >= 0.6 is 11.6 Å². The zero-order valence-electron chi connectivity index (χ0n) is 15.7. The average Bonchev–Trinajstić information content (AvgIpc) is 2.72. The van der Waals surface area contributed by atoms with E-state index in [0.29, 0.717) is 6.54 Å². The fourth-order valence-electron chi connectivity index (χ4n) is 3.28. The van der Waals surface area contributed by atoms with Crippen LogP contribution in [-0.2, 0) is 11.2 Å². The predicted molar refractivity (Wildman–Crippen MR) is 110 cm³/mol. The number of halogens is 1. The molecule has 3 rings (SSSR count). The molecular weight excluding hydrogens is 362 g/mol. The van der Waals surface area contributed by atoms with E-state index in [1.165, 1.54) is 5.56 Å². The summed E-state index contributed by atoms with van der Waals surface area (Å²) in [4.78, 5) is 16.6. The van der Waals surface area contributed by atoms with Gasteiger partial charge in [-0.25, -0.2) is 0 Å². The normalized spacial score (nSPS) is 14.3. The number of para-hydroxylation sites is 2. The van der Waals surface area contributed by atoms with Gasteiger partial charge in [-0.3, -0.25) is 4.79 Å². The van der Waals surface area contributed by atoms with Crippen molar-refractivity contribution in [2.24, 2.45) is 0 Å². The van der Waals surface area contributed by atoms with E-state index in [1.807, 2.05) is 47.4 Å². The quantitative estimate of drug-likeness (QED) is 0.742. The van der Waals surface area contributed by atoms with E-state index in [1.54, 1.807) is 7.11 Å². The number of piperazine rings is 1. The van der Waals surface area contributed by atoms with Crippen LogP contribution in [0.2, 0.25) is 5.02 Å². The van der Waals surface area contributed by atoms with Gasteiger partial charge in [-0.2, -0.15) is 0 Å². The topological polar surface area (TPSA) is 44.8 Å². The number of benzene rings is 2. The van der Waals surface area contributed by atoms with Gasteiger partial charge in [0.05, 0.1) is 19.3 Å². The van der Waals surface area contributed by atoms with Gasteiger partial charge in [0.2, 0.25) is 5.91 Å². The molecule has 0 unspecified atom stereocenters. The minimum absolute atomic E-state index is 0.158. The molecule has 1 heterocycles. The molecule has 1 aliphatic rings. The third-order valence-electron chi connectivity index (χ3n) is 4.84. The Morgan fingerprint density at radius 3 is 2.48 bits per heavy atom. The molecule has 144 valence electrons. The largest absolute Gasteiger partial charge is 0.495 e. The van der Waals surface area contributed by atoms with Crippen molar-refractivity contribution in [1.29, 1.82) is 0 Å². The molecule has 1 fully saturated rings. The van der Waals surface area contributed by atoms with E-state index in [0.717, 1.165) is 55.6 Å². The first-order valence-corrected chi connectivity index (χ1v) is 9.66. The number of hydrogen-bond acceptors (Lipinski definition) is 4. The molecule has 1 amide bonds. The van der Waals surface area contributed by atoms with E-state index < -0.39 is 0 Å². The third-order valence-corrected chi connectivity index (χ3v) is 5.09. The molecule has 2 aromatic carbocycles. The molecule has 27 heavy (non-hydrogen) atoms. The maximum Gasteiger partial charge on any atom is 0.236 e. The van der Waals surface area contributed by atoms with Crippen molar-refractivity contribution in [3.63, 3.8) is 0 Å². The summed E-state index contributed by atoms with van der Waals surface area (Å²) in [5.74, 6) is 1.03. The SMILES string of the molecule is COc1ccccc1N1CCN(C(=O)CNCCc2ccc(Cl)cc2)CC1. The standard InChI is InChI=1S/C21H26ClN3O2/c1-27-20-5-3-2-4-19(20)24-12-14-25(15-13-24)21(26)16-23-11-10-17-6-8-18(22)9-7-17/h2-9,23H,10-16H2,1H3. The van der Waals surface area contributed by atoms with Crippen molar-refractivity contribution in [2.75, 3.05) is 51.3 Å². The molecule has 5 nitrogen and oxygen atoms in total. The lowest BCUT2D eigenvalue weighted by Gasteiger charge is -2.36. The highest BCUT2D eigenvalue weighted by atomic mass is 35.5. The Bertz CT molecular complexity index is 743. The van der Waals surface area contributed by atoms with E-state index in [2.05, 4.69) is 16.3 Å². The number of ether oxygens (including phenoxy) is 1. The van der Waals surface area contributed by atoms with Crippen molar-refractivity contribution in [2.45, 2.75) is 6.42 Å². The number of carbonyl (C=O) groups excluding carboxylic acids is 1. The molecular formula is C21H26ClN3O2. The van der Waals surface area contributed by atoms with Crippen LogP contribution in [0.15, 0.2) is 48.5 Å². The number of anilines is 1. The Morgan fingerprint density at radius 1 is 1.07 bits per heavy atom. The summed E-state index contributed by atoms with van der Waals surface area (Å²) in [5, 5.41) is 3.99. The number of carbonyl (C=O) groups is 1. The molecule has 1 aliphatic heterocycles. The maximum absolute atomic E-state index is 12.4. The van der Waals surface area contributed by atoms with Gasteiger partial charge in [-0.05, 0) is 42.8 Å². The van der Waals surface area contributed by atoms with Crippen LogP contribution in [0.25, 0.3) is 0 Å². The first kappa shape index (κ1) is 19.5. The van der Waals surface area contributed by atoms with Gasteiger partial charge in [0.25, 0.3) is 0 Å². The number of rotatable bonds is 7. The van der Waals surface area contributed by atoms with Crippen molar-refractivity contribution >= 4 is 23.2 Å². The van der Waals surface area contributed by atoms with Crippen LogP contribution in [0.3, 0.4) is 0 Å². The second kappa shape index (κ2) is 9.62. The monoisotopic (exact) mass is 387 g/mol. The summed E-state index contributed by atoms with van der Waals surface area (Å²) in [6.07, 6.45) is 0.881. The zero-order valence-corrected chi connectivity index (χ0v) is 16.4. The number of nitrogens with one attached hydrogen (secondary N) is 1. The Morgan fingerprint density at radius 2 is 1.78 bits per heavy atom. The first-order chi connectivity index (χ1) is 13.2. The lowest BCUT2D eigenvalue weighted by atomic mass is 10.1. The number of nitrogens with zero attached hydrogens (tertiary/aromatic N) is 2. The average molecular weight is 388 g/mol. The molecule has 0 aliphatic carbocycles. The van der Waals surface area contributed by atoms with Gasteiger partial charge < -0.3 is 19.9 Å². The van der Waals surface area contributed by atoms with Crippen molar-refractivity contribution in [3.8, 4) is 5.75 Å². The second-order valence-corrected chi connectivity index (χ2v) is 7.03. The Balaban J connectivity index is 1.40. The van der Waals surface area contributed by atoms with Gasteiger partial charge in [0.15, 0.2) is 0 Å². The van der Waals surface area contributed by atoms with Gasteiger partial charge in [0, 0.05) is 31.2 Å². The molecule has 1 N–H and O–H groups in total. The fourth-order valence-corrected chi connectivity index (χ4v) is 3.40. The van der Waals surface area contributed by atoms with Gasteiger partial charge in [-0.1, -0.05) is 35.9 Å². The first-order valence-electron chi connectivity index (χ1n) is 9.28. The summed E-state index contributed by atoms with van der Waals surface area (Å²) in [6, 6.07) is 15.8. The molecule has 1 saturated heterocycles. The predicted octanol–water partition coefficient (Wildman–Crippen LogP) is 2.83. The Labute approximate surface area is 165 Å². The van der Waals surface area contributed by atoms with Crippen LogP contribution in [0.5, 0.6) is 5.75 Å². The molecule has 0 aromatic heterocycles. The lowest BCUT2D eigenvalue weighted by molar-refractivity contribution is -0.130. The highest BCUT2D eigenvalue weighted by Gasteiger charge is 2.22. The van der Waals surface area contributed by atoms with Crippen LogP contribution in [0.4, 0.5) is 5.69 Å². The van der Waals surface area contributed by atoms with Crippen molar-refractivity contribution in [3.05, 3.63) is 59.1 Å². The molecule has 2 aromatic rings. The summed E-state index contributed by atoms with van der Waals surface area (Å²) >= 11 is 5.89. The second-order valence-electron chi connectivity index (χ2n) is 6.59. The highest BCUT2D eigenvalue weighted by Crippen LogP contribution is 2.28. The zero-order chi connectivity index (χ0) is 19.1. The van der Waals surface area contributed by atoms with Crippen molar-refractivity contribution in [1.82, 2.24) is 10.2 Å². The summed E-state index contributed by atoms with van der Waals surface area (Å²) in [5.41, 5.74) is 2.30. The summed E-state index contributed by atoms with van der Waals surface area (Å²) in [6.45, 7) is 4.25. The molecule has 0 bridgehead atoms. The van der Waals surface area contributed by atoms with Gasteiger partial charge >= 0.3 is 0 Å². The summed E-state index contributed by atoms with van der Waals surface area (Å²) in [7, 11) is 1.69. The Kier molecular flexibility index (Phi) is 6.96. The third kappa shape index (κ3) is 5.37. The van der Waals surface area contributed by atoms with E-state index in [-0.39, 0.29) is 5.91 Å². The van der Waals surface area contributed by atoms with E-state index in [9.17, 15) is 4.79 Å². The van der Waals surface area contributed by atoms with Gasteiger partial charge in [-0.15, -0.1) is 0 Å². The van der Waals surface area contributed by atoms with Crippen LogP contribution in [-0.4, -0.2) is 57.2 Å². The number of hydrogen-bond donors (Lipinski definition) is 1. The molecule has 6 heteroatoms. The minimum Gasteiger partial charge on any atom is -0.495 e. The summed E-state index contributed by atoms with van der Waals surface area (Å²) < 4.78 is 5.44. The van der Waals surface area contributed by atoms with Gasteiger partial charge in [0.1, 0.15) is 5.75 Å². The maximum atomic E-state index is 12.4. The fraction of sp³-hybridized carbons (Fsp3) is 0.381. The molecule has 0 atom stereocenters. The molecule has 0 saturated carbocycles. The number of methoxy groups -OCH3 is 1. The number of amides is 1. The van der Waals surface area contributed by atoms with Crippen LogP contribution < -0.4 is 15.0 Å². The van der Waals surface area contributed by atoms with E-state index in [4.69, 9.17) is 16.3 Å². The molecule has 0 radical (unpaired) electrons. The smallest absolute Gasteiger partial charge is 0.236 e. The van der Waals surface area contributed by atoms with Crippen LogP contribution in [0.1, 0.15) is 5.56 Å².